The Labute approximate surface area is 127 Å². The summed E-state index contributed by atoms with van der Waals surface area (Å²) in [6.45, 7) is 9.39. The van der Waals surface area contributed by atoms with Gasteiger partial charge in [-0.2, -0.15) is 0 Å². The van der Waals surface area contributed by atoms with E-state index in [1.54, 1.807) is 0 Å². The van der Waals surface area contributed by atoms with Gasteiger partial charge in [-0.1, -0.05) is 39.0 Å². The van der Waals surface area contributed by atoms with E-state index in [1.807, 2.05) is 18.2 Å². The summed E-state index contributed by atoms with van der Waals surface area (Å²) < 4.78 is 6.00. The maximum absolute atomic E-state index is 6.00. The third-order valence-electron chi connectivity index (χ3n) is 3.66. The molecule has 2 aromatic rings. The van der Waals surface area contributed by atoms with Crippen molar-refractivity contribution >= 4 is 0 Å². The highest BCUT2D eigenvalue weighted by atomic mass is 16.5. The molecule has 0 bridgehead atoms. The van der Waals surface area contributed by atoms with Crippen LogP contribution in [0.4, 0.5) is 0 Å². The van der Waals surface area contributed by atoms with Crippen molar-refractivity contribution in [2.75, 3.05) is 6.54 Å². The van der Waals surface area contributed by atoms with Crippen molar-refractivity contribution in [1.82, 2.24) is 0 Å². The monoisotopic (exact) mass is 283 g/mol. The molecule has 2 rings (SSSR count). The van der Waals surface area contributed by atoms with E-state index in [4.69, 9.17) is 10.5 Å². The van der Waals surface area contributed by atoms with Gasteiger partial charge in [-0.05, 0) is 66.3 Å². The molecule has 2 N–H and O–H groups in total. The third-order valence-corrected chi connectivity index (χ3v) is 3.66. The van der Waals surface area contributed by atoms with Crippen LogP contribution in [0.5, 0.6) is 11.5 Å². The van der Waals surface area contributed by atoms with Gasteiger partial charge < -0.3 is 10.5 Å². The van der Waals surface area contributed by atoms with Crippen molar-refractivity contribution in [3.05, 3.63) is 59.2 Å². The average molecular weight is 283 g/mol. The molecule has 0 aromatic heterocycles. The van der Waals surface area contributed by atoms with Gasteiger partial charge in [0.1, 0.15) is 11.5 Å². The highest BCUT2D eigenvalue weighted by Crippen LogP contribution is 2.29. The molecule has 2 heteroatoms. The Balaban J connectivity index is 2.20. The molecule has 2 aromatic carbocycles. The molecule has 0 aliphatic carbocycles. The lowest BCUT2D eigenvalue weighted by Crippen LogP contribution is -2.10. The quantitative estimate of drug-likeness (QED) is 0.891. The maximum atomic E-state index is 6.00. The summed E-state index contributed by atoms with van der Waals surface area (Å²) in [6, 6.07) is 14.5. The summed E-state index contributed by atoms with van der Waals surface area (Å²) in [5.74, 6) is 1.76. The summed E-state index contributed by atoms with van der Waals surface area (Å²) in [5.41, 5.74) is 9.53. The second-order valence-corrected chi connectivity index (χ2v) is 6.51. The van der Waals surface area contributed by atoms with Crippen LogP contribution < -0.4 is 10.5 Å². The minimum Gasteiger partial charge on any atom is -0.457 e. The highest BCUT2D eigenvalue weighted by molar-refractivity contribution is 5.40. The van der Waals surface area contributed by atoms with Gasteiger partial charge >= 0.3 is 0 Å². The largest absolute Gasteiger partial charge is 0.457 e. The molecule has 112 valence electrons. The lowest BCUT2D eigenvalue weighted by atomic mass is 9.87. The van der Waals surface area contributed by atoms with Crippen LogP contribution in [0.2, 0.25) is 0 Å². The SMILES string of the molecule is Cc1cc(Oc2cccc(C(C)(C)C)c2)ccc1CCN. The molecule has 2 nitrogen and oxygen atoms in total. The zero-order valence-electron chi connectivity index (χ0n) is 13.4. The van der Waals surface area contributed by atoms with Gasteiger partial charge in [-0.15, -0.1) is 0 Å². The molecular formula is C19H25NO. The van der Waals surface area contributed by atoms with Crippen LogP contribution in [0.25, 0.3) is 0 Å². The Morgan fingerprint density at radius 2 is 1.71 bits per heavy atom. The minimum absolute atomic E-state index is 0.125. The zero-order chi connectivity index (χ0) is 15.5. The van der Waals surface area contributed by atoms with E-state index in [-0.39, 0.29) is 5.41 Å². The molecule has 0 spiro atoms. The van der Waals surface area contributed by atoms with Crippen LogP contribution in [0, 0.1) is 6.92 Å². The number of rotatable bonds is 4. The third kappa shape index (κ3) is 4.08. The van der Waals surface area contributed by atoms with Gasteiger partial charge in [-0.3, -0.25) is 0 Å². The first-order chi connectivity index (χ1) is 9.90. The van der Waals surface area contributed by atoms with Gasteiger partial charge in [0, 0.05) is 0 Å². The molecule has 0 radical (unpaired) electrons. The molecule has 0 saturated heterocycles. The van der Waals surface area contributed by atoms with Gasteiger partial charge in [0.15, 0.2) is 0 Å². The van der Waals surface area contributed by atoms with Gasteiger partial charge in [0.2, 0.25) is 0 Å². The Morgan fingerprint density at radius 1 is 1.00 bits per heavy atom. The second-order valence-electron chi connectivity index (χ2n) is 6.51. The highest BCUT2D eigenvalue weighted by Gasteiger charge is 2.14. The fourth-order valence-electron chi connectivity index (χ4n) is 2.33. The van der Waals surface area contributed by atoms with Crippen molar-refractivity contribution < 1.29 is 4.74 Å². The van der Waals surface area contributed by atoms with Crippen molar-refractivity contribution in [3.8, 4) is 11.5 Å². The van der Waals surface area contributed by atoms with Crippen LogP contribution in [-0.2, 0) is 11.8 Å². The van der Waals surface area contributed by atoms with Gasteiger partial charge in [0.25, 0.3) is 0 Å². The van der Waals surface area contributed by atoms with Crippen LogP contribution in [-0.4, -0.2) is 6.54 Å². The summed E-state index contributed by atoms with van der Waals surface area (Å²) in [6.07, 6.45) is 0.908. The minimum atomic E-state index is 0.125. The van der Waals surface area contributed by atoms with Crippen LogP contribution in [0.1, 0.15) is 37.5 Å². The van der Waals surface area contributed by atoms with Gasteiger partial charge in [0.05, 0.1) is 0 Å². The molecule has 0 fully saturated rings. The molecular weight excluding hydrogens is 258 g/mol. The molecule has 0 amide bonds. The number of aryl methyl sites for hydroxylation is 1. The number of benzene rings is 2. The normalized spacial score (nSPS) is 11.5. The number of hydrogen-bond acceptors (Lipinski definition) is 2. The Morgan fingerprint density at radius 3 is 2.33 bits per heavy atom. The van der Waals surface area contributed by atoms with E-state index < -0.39 is 0 Å². The summed E-state index contributed by atoms with van der Waals surface area (Å²) >= 11 is 0. The lowest BCUT2D eigenvalue weighted by Gasteiger charge is -2.19. The van der Waals surface area contributed by atoms with E-state index in [9.17, 15) is 0 Å². The first kappa shape index (κ1) is 15.6. The number of ether oxygens (including phenoxy) is 1. The van der Waals surface area contributed by atoms with E-state index in [1.165, 1.54) is 16.7 Å². The van der Waals surface area contributed by atoms with Crippen LogP contribution in [0.3, 0.4) is 0 Å². The van der Waals surface area contributed by atoms with Crippen molar-refractivity contribution in [3.63, 3.8) is 0 Å². The molecule has 0 atom stereocenters. The van der Waals surface area contributed by atoms with Crippen molar-refractivity contribution in [2.24, 2.45) is 5.73 Å². The molecule has 0 unspecified atom stereocenters. The average Bonchev–Trinajstić information content (AvgIpc) is 2.41. The number of nitrogens with two attached hydrogens (primary N) is 1. The Bertz CT molecular complexity index is 611. The lowest BCUT2D eigenvalue weighted by molar-refractivity contribution is 0.478. The predicted octanol–water partition coefficient (Wildman–Crippen LogP) is 4.59. The molecule has 0 aliphatic heterocycles. The Kier molecular flexibility index (Phi) is 4.69. The Hall–Kier alpha value is -1.80. The van der Waals surface area contributed by atoms with Crippen LogP contribution in [0.15, 0.2) is 42.5 Å². The standard InChI is InChI=1S/C19H25NO/c1-14-12-18(9-8-15(14)10-11-20)21-17-7-5-6-16(13-17)19(2,3)4/h5-9,12-13H,10-11,20H2,1-4H3. The fraction of sp³-hybridized carbons (Fsp3) is 0.368. The smallest absolute Gasteiger partial charge is 0.127 e. The van der Waals surface area contributed by atoms with E-state index in [2.05, 4.69) is 52.0 Å². The molecule has 0 aliphatic rings. The fourth-order valence-corrected chi connectivity index (χ4v) is 2.33. The molecule has 21 heavy (non-hydrogen) atoms. The van der Waals surface area contributed by atoms with Crippen molar-refractivity contribution in [2.45, 2.75) is 39.5 Å². The van der Waals surface area contributed by atoms with Crippen LogP contribution >= 0.6 is 0 Å². The van der Waals surface area contributed by atoms with E-state index in [0.717, 1.165) is 17.9 Å². The van der Waals surface area contributed by atoms with Crippen molar-refractivity contribution in [1.29, 1.82) is 0 Å². The maximum Gasteiger partial charge on any atom is 0.127 e. The second kappa shape index (κ2) is 6.31. The topological polar surface area (TPSA) is 35.2 Å². The molecule has 0 saturated carbocycles. The first-order valence-corrected chi connectivity index (χ1v) is 7.48. The van der Waals surface area contributed by atoms with E-state index >= 15 is 0 Å². The summed E-state index contributed by atoms with van der Waals surface area (Å²) in [7, 11) is 0. The zero-order valence-corrected chi connectivity index (χ0v) is 13.4. The van der Waals surface area contributed by atoms with E-state index in [0.29, 0.717) is 6.54 Å². The predicted molar refractivity (Wildman–Crippen MR) is 89.2 cm³/mol. The first-order valence-electron chi connectivity index (χ1n) is 7.48. The summed E-state index contributed by atoms with van der Waals surface area (Å²) in [4.78, 5) is 0. The molecule has 0 heterocycles. The van der Waals surface area contributed by atoms with Gasteiger partial charge in [-0.25, -0.2) is 0 Å². The number of hydrogen-bond donors (Lipinski definition) is 1. The summed E-state index contributed by atoms with van der Waals surface area (Å²) in [5, 5.41) is 0.